The molecule has 2 heteroatoms. The Labute approximate surface area is 76.9 Å². The zero-order valence-electron chi connectivity index (χ0n) is 8.84. The van der Waals surface area contributed by atoms with Gasteiger partial charge >= 0.3 is 0 Å². The van der Waals surface area contributed by atoms with E-state index in [1.807, 2.05) is 6.08 Å². The Balaban J connectivity index is 3.88. The molecule has 0 heterocycles. The van der Waals surface area contributed by atoms with Crippen LogP contribution in [0.25, 0.3) is 0 Å². The largest absolute Gasteiger partial charge is 0.344 e. The predicted molar refractivity (Wildman–Crippen MR) is 54.0 cm³/mol. The molecule has 0 radical (unpaired) electrons. The molecule has 0 amide bonds. The summed E-state index contributed by atoms with van der Waals surface area (Å²) in [6.45, 7) is 10.9. The molecule has 0 saturated heterocycles. The Kier molecular flexibility index (Phi) is 6.03. The highest BCUT2D eigenvalue weighted by molar-refractivity contribution is 4.65. The highest BCUT2D eigenvalue weighted by Crippen LogP contribution is 2.02. The quantitative estimate of drug-likeness (QED) is 0.418. The van der Waals surface area contributed by atoms with E-state index in [9.17, 15) is 0 Å². The average molecular weight is 172 g/mol. The number of nitrogens with zero attached hydrogens (tertiary/aromatic N) is 1. The topological polar surface area (TPSA) is 16.6 Å². The van der Waals surface area contributed by atoms with Crippen LogP contribution in [0.5, 0.6) is 0 Å². The van der Waals surface area contributed by atoms with Crippen LogP contribution in [0.1, 0.15) is 13.3 Å². The van der Waals surface area contributed by atoms with Crippen molar-refractivity contribution in [3.63, 3.8) is 0 Å². The molecule has 1 unspecified atom stereocenters. The summed E-state index contributed by atoms with van der Waals surface area (Å²) in [6, 6.07) is 0. The van der Waals surface area contributed by atoms with Crippen LogP contribution in [-0.2, 0) is 0 Å². The molecule has 12 heavy (non-hydrogen) atoms. The number of hydrogen-bond donors (Lipinski definition) is 1. The standard InChI is InChI=1S/C10H23N2/c1-5-8-12(4,9-6-2)10-7-11-3/h5,11H,1,6-10H2,2-4H3/q+1/p+1. The molecule has 2 N–H and O–H groups in total. The Morgan fingerprint density at radius 2 is 2.08 bits per heavy atom. The van der Waals surface area contributed by atoms with Crippen molar-refractivity contribution < 1.29 is 9.80 Å². The Morgan fingerprint density at radius 1 is 1.42 bits per heavy atom. The third-order valence-corrected chi connectivity index (χ3v) is 2.29. The first-order valence-corrected chi connectivity index (χ1v) is 4.91. The molecule has 0 aliphatic heterocycles. The van der Waals surface area contributed by atoms with Gasteiger partial charge in [0.15, 0.2) is 0 Å². The summed E-state index contributed by atoms with van der Waals surface area (Å²) >= 11 is 0. The van der Waals surface area contributed by atoms with E-state index in [4.69, 9.17) is 0 Å². The zero-order valence-corrected chi connectivity index (χ0v) is 8.84. The number of nitrogens with two attached hydrogens (primary N) is 1. The van der Waals surface area contributed by atoms with E-state index in [-0.39, 0.29) is 0 Å². The van der Waals surface area contributed by atoms with Crippen molar-refractivity contribution in [3.05, 3.63) is 12.7 Å². The molecule has 0 spiro atoms. The SMILES string of the molecule is C=CC[N+](C)(CCC)CC[NH2+]C. The Morgan fingerprint density at radius 3 is 2.50 bits per heavy atom. The van der Waals surface area contributed by atoms with Crippen molar-refractivity contribution in [2.75, 3.05) is 40.3 Å². The molecule has 0 aliphatic rings. The van der Waals surface area contributed by atoms with Crippen molar-refractivity contribution in [1.82, 2.24) is 0 Å². The summed E-state index contributed by atoms with van der Waals surface area (Å²) in [4.78, 5) is 0. The Bertz CT molecular complexity index is 123. The van der Waals surface area contributed by atoms with Crippen LogP contribution in [-0.4, -0.2) is 44.8 Å². The number of hydrogen-bond acceptors (Lipinski definition) is 0. The average Bonchev–Trinajstić information content (AvgIpc) is 2.02. The van der Waals surface area contributed by atoms with E-state index in [1.54, 1.807) is 0 Å². The van der Waals surface area contributed by atoms with Crippen molar-refractivity contribution in [3.8, 4) is 0 Å². The van der Waals surface area contributed by atoms with E-state index in [0.717, 1.165) is 11.0 Å². The molecule has 2 nitrogen and oxygen atoms in total. The molecule has 0 fully saturated rings. The van der Waals surface area contributed by atoms with Crippen LogP contribution in [0.15, 0.2) is 12.7 Å². The molecule has 0 aromatic rings. The summed E-state index contributed by atoms with van der Waals surface area (Å²) in [6.07, 6.45) is 3.29. The molecular weight excluding hydrogens is 148 g/mol. The zero-order chi connectivity index (χ0) is 9.45. The van der Waals surface area contributed by atoms with E-state index in [0.29, 0.717) is 0 Å². The maximum atomic E-state index is 3.81. The maximum absolute atomic E-state index is 3.81. The lowest BCUT2D eigenvalue weighted by atomic mass is 10.3. The molecule has 0 aromatic carbocycles. The molecule has 0 aromatic heterocycles. The predicted octanol–water partition coefficient (Wildman–Crippen LogP) is 0.222. The number of quaternary nitrogens is 2. The third-order valence-electron chi connectivity index (χ3n) is 2.29. The smallest absolute Gasteiger partial charge is 0.128 e. The van der Waals surface area contributed by atoms with Crippen LogP contribution in [0.3, 0.4) is 0 Å². The lowest BCUT2D eigenvalue weighted by Crippen LogP contribution is -2.82. The van der Waals surface area contributed by atoms with Gasteiger partial charge in [-0.1, -0.05) is 13.5 Å². The molecule has 72 valence electrons. The van der Waals surface area contributed by atoms with Crippen molar-refractivity contribution in [2.24, 2.45) is 0 Å². The minimum atomic E-state index is 1.10. The highest BCUT2D eigenvalue weighted by Gasteiger charge is 2.18. The lowest BCUT2D eigenvalue weighted by molar-refractivity contribution is -0.914. The maximum Gasteiger partial charge on any atom is 0.128 e. The van der Waals surface area contributed by atoms with Gasteiger partial charge in [-0.25, -0.2) is 0 Å². The van der Waals surface area contributed by atoms with Gasteiger partial charge in [0.05, 0.1) is 27.2 Å². The minimum Gasteiger partial charge on any atom is -0.344 e. The molecule has 0 saturated carbocycles. The van der Waals surface area contributed by atoms with Gasteiger partial charge in [0.25, 0.3) is 0 Å². The van der Waals surface area contributed by atoms with Gasteiger partial charge in [-0.05, 0) is 12.5 Å². The fourth-order valence-electron chi connectivity index (χ4n) is 1.59. The van der Waals surface area contributed by atoms with Crippen molar-refractivity contribution in [1.29, 1.82) is 0 Å². The monoisotopic (exact) mass is 172 g/mol. The van der Waals surface area contributed by atoms with Gasteiger partial charge in [0.1, 0.15) is 13.1 Å². The van der Waals surface area contributed by atoms with Crippen molar-refractivity contribution >= 4 is 0 Å². The van der Waals surface area contributed by atoms with E-state index in [2.05, 4.69) is 32.9 Å². The summed E-state index contributed by atoms with van der Waals surface area (Å²) < 4.78 is 1.14. The van der Waals surface area contributed by atoms with Crippen LogP contribution < -0.4 is 5.32 Å². The molecule has 1 atom stereocenters. The molecule has 0 rings (SSSR count). The van der Waals surface area contributed by atoms with Gasteiger partial charge in [0, 0.05) is 0 Å². The van der Waals surface area contributed by atoms with E-state index < -0.39 is 0 Å². The van der Waals surface area contributed by atoms with Gasteiger partial charge in [0.2, 0.25) is 0 Å². The van der Waals surface area contributed by atoms with Gasteiger partial charge in [-0.2, -0.15) is 0 Å². The van der Waals surface area contributed by atoms with E-state index in [1.165, 1.54) is 26.1 Å². The normalized spacial score (nSPS) is 15.6. The summed E-state index contributed by atoms with van der Waals surface area (Å²) in [5, 5.41) is 2.25. The van der Waals surface area contributed by atoms with Crippen LogP contribution in [0.2, 0.25) is 0 Å². The summed E-state index contributed by atoms with van der Waals surface area (Å²) in [5.41, 5.74) is 0. The fraction of sp³-hybridized carbons (Fsp3) is 0.800. The van der Waals surface area contributed by atoms with Gasteiger partial charge in [-0.3, -0.25) is 0 Å². The van der Waals surface area contributed by atoms with Crippen LogP contribution in [0.4, 0.5) is 0 Å². The first kappa shape index (κ1) is 11.7. The summed E-state index contributed by atoms with van der Waals surface area (Å²) in [5.74, 6) is 0. The second-order valence-electron chi connectivity index (χ2n) is 3.73. The van der Waals surface area contributed by atoms with E-state index >= 15 is 0 Å². The fourth-order valence-corrected chi connectivity index (χ4v) is 1.59. The molecule has 0 bridgehead atoms. The first-order valence-electron chi connectivity index (χ1n) is 4.91. The molecule has 0 aliphatic carbocycles. The highest BCUT2D eigenvalue weighted by atomic mass is 15.3. The number of likely N-dealkylation sites (N-methyl/N-ethyl adjacent to an activating group) is 2. The van der Waals surface area contributed by atoms with Crippen LogP contribution in [0, 0.1) is 0 Å². The van der Waals surface area contributed by atoms with Crippen molar-refractivity contribution in [2.45, 2.75) is 13.3 Å². The first-order chi connectivity index (χ1) is 5.68. The number of rotatable bonds is 7. The Hall–Kier alpha value is -0.340. The second-order valence-corrected chi connectivity index (χ2v) is 3.73. The van der Waals surface area contributed by atoms with Crippen LogP contribution >= 0.6 is 0 Å². The van der Waals surface area contributed by atoms with Gasteiger partial charge < -0.3 is 9.80 Å². The second kappa shape index (κ2) is 6.21. The summed E-state index contributed by atoms with van der Waals surface area (Å²) in [7, 11) is 4.44. The molecular formula is C10H24N2+2. The third kappa shape index (κ3) is 4.52. The lowest BCUT2D eigenvalue weighted by Gasteiger charge is -2.32. The van der Waals surface area contributed by atoms with Gasteiger partial charge in [-0.15, -0.1) is 0 Å². The minimum absolute atomic E-state index is 1.10.